The maximum atomic E-state index is 5.85. The maximum absolute atomic E-state index is 5.85. The second-order valence-electron chi connectivity index (χ2n) is 5.49. The molecule has 0 aliphatic heterocycles. The molecule has 2 aromatic rings. The Morgan fingerprint density at radius 3 is 2.45 bits per heavy atom. The highest BCUT2D eigenvalue weighted by molar-refractivity contribution is 7.99. The lowest BCUT2D eigenvalue weighted by molar-refractivity contribution is 0.198. The molecule has 0 aliphatic rings. The third-order valence-electron chi connectivity index (χ3n) is 3.47. The quantitative estimate of drug-likeness (QED) is 0.800. The van der Waals surface area contributed by atoms with E-state index in [9.17, 15) is 0 Å². The molecule has 0 saturated heterocycles. The van der Waals surface area contributed by atoms with Crippen LogP contribution in [0, 0.1) is 0 Å². The molecule has 4 N–H and O–H groups in total. The van der Waals surface area contributed by atoms with E-state index in [1.54, 1.807) is 11.8 Å². The van der Waals surface area contributed by atoms with E-state index in [-0.39, 0.29) is 0 Å². The molecule has 0 bridgehead atoms. The summed E-state index contributed by atoms with van der Waals surface area (Å²) < 4.78 is 5.85. The molecule has 2 aromatic carbocycles. The molecule has 2 rings (SSSR count). The Morgan fingerprint density at radius 2 is 1.77 bits per heavy atom. The predicted molar refractivity (Wildman–Crippen MR) is 94.5 cm³/mol. The molecule has 1 atom stereocenters. The van der Waals surface area contributed by atoms with Gasteiger partial charge in [-0.2, -0.15) is 0 Å². The molecule has 22 heavy (non-hydrogen) atoms. The van der Waals surface area contributed by atoms with Gasteiger partial charge in [0.2, 0.25) is 0 Å². The summed E-state index contributed by atoms with van der Waals surface area (Å²) in [6, 6.07) is 14.1. The van der Waals surface area contributed by atoms with Crippen LogP contribution < -0.4 is 16.2 Å². The van der Waals surface area contributed by atoms with Gasteiger partial charge in [0.1, 0.15) is 12.4 Å². The minimum absolute atomic E-state index is 0.369. The first kappa shape index (κ1) is 16.5. The average Bonchev–Trinajstić information content (AvgIpc) is 2.49. The molecule has 5 heteroatoms. The molecule has 0 amide bonds. The first-order valence-corrected chi connectivity index (χ1v) is 7.99. The molecule has 1 unspecified atom stereocenters. The summed E-state index contributed by atoms with van der Waals surface area (Å²) in [6.45, 7) is 2.80. The minimum Gasteiger partial charge on any atom is -0.492 e. The van der Waals surface area contributed by atoms with Crippen molar-refractivity contribution >= 4 is 23.1 Å². The van der Waals surface area contributed by atoms with Gasteiger partial charge in [0.15, 0.2) is 0 Å². The number of hydrogen-bond donors (Lipinski definition) is 2. The fraction of sp³-hybridized carbons (Fsp3) is 0.294. The van der Waals surface area contributed by atoms with Crippen molar-refractivity contribution in [2.45, 2.75) is 22.8 Å². The van der Waals surface area contributed by atoms with Crippen LogP contribution in [-0.4, -0.2) is 31.6 Å². The standard InChI is InChI=1S/C17H23N3OS/c1-12(20(2)3)11-21-13-5-4-6-14(9-13)22-15-7-8-16(18)17(19)10-15/h4-10,12H,11,18-19H2,1-3H3. The van der Waals surface area contributed by atoms with Gasteiger partial charge in [0.05, 0.1) is 11.4 Å². The summed E-state index contributed by atoms with van der Waals surface area (Å²) >= 11 is 1.64. The summed E-state index contributed by atoms with van der Waals surface area (Å²) in [7, 11) is 4.09. The zero-order valence-corrected chi connectivity index (χ0v) is 14.1. The van der Waals surface area contributed by atoms with E-state index in [1.807, 2.05) is 50.5 Å². The van der Waals surface area contributed by atoms with E-state index in [4.69, 9.17) is 16.2 Å². The topological polar surface area (TPSA) is 64.5 Å². The van der Waals surface area contributed by atoms with Crippen LogP contribution in [0.1, 0.15) is 6.92 Å². The predicted octanol–water partition coefficient (Wildman–Crippen LogP) is 3.33. The van der Waals surface area contributed by atoms with E-state index in [1.165, 1.54) is 0 Å². The number of ether oxygens (including phenoxy) is 1. The lowest BCUT2D eigenvalue weighted by Crippen LogP contribution is -2.30. The molecule has 118 valence electrons. The monoisotopic (exact) mass is 317 g/mol. The highest BCUT2D eigenvalue weighted by Crippen LogP contribution is 2.32. The largest absolute Gasteiger partial charge is 0.492 e. The van der Waals surface area contributed by atoms with Gasteiger partial charge in [-0.05, 0) is 57.4 Å². The molecule has 0 saturated carbocycles. The third-order valence-corrected chi connectivity index (χ3v) is 4.45. The van der Waals surface area contributed by atoms with Gasteiger partial charge >= 0.3 is 0 Å². The van der Waals surface area contributed by atoms with Gasteiger partial charge in [-0.1, -0.05) is 17.8 Å². The average molecular weight is 317 g/mol. The van der Waals surface area contributed by atoms with E-state index < -0.39 is 0 Å². The Morgan fingerprint density at radius 1 is 1.05 bits per heavy atom. The number of nitrogen functional groups attached to an aromatic ring is 2. The van der Waals surface area contributed by atoms with Crippen molar-refractivity contribution in [1.82, 2.24) is 4.90 Å². The SMILES string of the molecule is CC(COc1cccc(Sc2ccc(N)c(N)c2)c1)N(C)C. The van der Waals surface area contributed by atoms with E-state index >= 15 is 0 Å². The third kappa shape index (κ3) is 4.58. The van der Waals surface area contributed by atoms with Gasteiger partial charge < -0.3 is 21.1 Å². The lowest BCUT2D eigenvalue weighted by Gasteiger charge is -2.20. The minimum atomic E-state index is 0.369. The highest BCUT2D eigenvalue weighted by Gasteiger charge is 2.06. The Balaban J connectivity index is 2.03. The van der Waals surface area contributed by atoms with Crippen LogP contribution in [0.5, 0.6) is 5.75 Å². The Labute approximate surface area is 136 Å². The van der Waals surface area contributed by atoms with Crippen molar-refractivity contribution < 1.29 is 4.74 Å². The first-order valence-electron chi connectivity index (χ1n) is 7.18. The number of likely N-dealkylation sites (N-methyl/N-ethyl adjacent to an activating group) is 1. The summed E-state index contributed by atoms with van der Waals surface area (Å²) in [5.74, 6) is 0.877. The lowest BCUT2D eigenvalue weighted by atomic mass is 10.3. The molecule has 0 aromatic heterocycles. The van der Waals surface area contributed by atoms with Gasteiger partial charge in [-0.25, -0.2) is 0 Å². The van der Waals surface area contributed by atoms with Crippen molar-refractivity contribution in [3.63, 3.8) is 0 Å². The van der Waals surface area contributed by atoms with Crippen LogP contribution in [0.15, 0.2) is 52.3 Å². The van der Waals surface area contributed by atoms with E-state index in [2.05, 4.69) is 17.9 Å². The molecule has 0 heterocycles. The van der Waals surface area contributed by atoms with Crippen molar-refractivity contribution in [3.05, 3.63) is 42.5 Å². The number of rotatable bonds is 6. The van der Waals surface area contributed by atoms with E-state index in [0.29, 0.717) is 24.0 Å². The van der Waals surface area contributed by atoms with Crippen LogP contribution in [-0.2, 0) is 0 Å². The van der Waals surface area contributed by atoms with Crippen molar-refractivity contribution in [1.29, 1.82) is 0 Å². The first-order chi connectivity index (χ1) is 10.5. The smallest absolute Gasteiger partial charge is 0.120 e. The number of hydrogen-bond acceptors (Lipinski definition) is 5. The van der Waals surface area contributed by atoms with Crippen LogP contribution in [0.3, 0.4) is 0 Å². The Kier molecular flexibility index (Phi) is 5.57. The molecule has 0 aliphatic carbocycles. The zero-order valence-electron chi connectivity index (χ0n) is 13.2. The molecular weight excluding hydrogens is 294 g/mol. The fourth-order valence-electron chi connectivity index (χ4n) is 1.75. The second-order valence-corrected chi connectivity index (χ2v) is 6.64. The molecule has 0 radical (unpaired) electrons. The fourth-order valence-corrected chi connectivity index (χ4v) is 2.66. The van der Waals surface area contributed by atoms with Crippen LogP contribution >= 0.6 is 11.8 Å². The van der Waals surface area contributed by atoms with Gasteiger partial charge in [0, 0.05) is 15.8 Å². The second kappa shape index (κ2) is 7.42. The Hall–Kier alpha value is -1.85. The molecule has 0 spiro atoms. The summed E-state index contributed by atoms with van der Waals surface area (Å²) in [4.78, 5) is 4.31. The maximum Gasteiger partial charge on any atom is 0.120 e. The molecular formula is C17H23N3OS. The van der Waals surface area contributed by atoms with Crippen LogP contribution in [0.2, 0.25) is 0 Å². The Bertz CT molecular complexity index is 631. The molecule has 4 nitrogen and oxygen atoms in total. The molecule has 0 fully saturated rings. The number of nitrogens with two attached hydrogens (primary N) is 2. The van der Waals surface area contributed by atoms with Crippen LogP contribution in [0.4, 0.5) is 11.4 Å². The number of benzene rings is 2. The van der Waals surface area contributed by atoms with Crippen molar-refractivity contribution in [2.75, 3.05) is 32.2 Å². The summed E-state index contributed by atoms with van der Waals surface area (Å²) in [5, 5.41) is 0. The van der Waals surface area contributed by atoms with Crippen LogP contribution in [0.25, 0.3) is 0 Å². The zero-order chi connectivity index (χ0) is 16.1. The van der Waals surface area contributed by atoms with Gasteiger partial charge in [0.25, 0.3) is 0 Å². The number of anilines is 2. The summed E-state index contributed by atoms with van der Waals surface area (Å²) in [5.41, 5.74) is 12.8. The highest BCUT2D eigenvalue weighted by atomic mass is 32.2. The normalized spacial score (nSPS) is 12.4. The van der Waals surface area contributed by atoms with Crippen molar-refractivity contribution in [2.24, 2.45) is 0 Å². The number of nitrogens with zero attached hydrogens (tertiary/aromatic N) is 1. The van der Waals surface area contributed by atoms with E-state index in [0.717, 1.165) is 15.5 Å². The van der Waals surface area contributed by atoms with Gasteiger partial charge in [-0.15, -0.1) is 0 Å². The van der Waals surface area contributed by atoms with Crippen molar-refractivity contribution in [3.8, 4) is 5.75 Å². The summed E-state index contributed by atoms with van der Waals surface area (Å²) in [6.07, 6.45) is 0. The van der Waals surface area contributed by atoms with Gasteiger partial charge in [-0.3, -0.25) is 0 Å².